The Labute approximate surface area is 143 Å². The van der Waals surface area contributed by atoms with Crippen LogP contribution in [0.2, 0.25) is 0 Å². The molecule has 0 aliphatic rings. The van der Waals surface area contributed by atoms with Crippen molar-refractivity contribution in [1.82, 2.24) is 4.98 Å². The van der Waals surface area contributed by atoms with E-state index in [0.29, 0.717) is 23.0 Å². The third kappa shape index (κ3) is 3.21. The molecule has 26 heavy (non-hydrogen) atoms. The van der Waals surface area contributed by atoms with E-state index in [9.17, 15) is 28.4 Å². The molecule has 0 bridgehead atoms. The predicted octanol–water partition coefficient (Wildman–Crippen LogP) is 5.52. The first-order valence-electron chi connectivity index (χ1n) is 7.25. The van der Waals surface area contributed by atoms with Gasteiger partial charge in [0, 0.05) is 11.5 Å². The summed E-state index contributed by atoms with van der Waals surface area (Å²) in [6, 6.07) is 7.18. The van der Waals surface area contributed by atoms with E-state index < -0.39 is 22.4 Å². The zero-order valence-corrected chi connectivity index (χ0v) is 13.2. The van der Waals surface area contributed by atoms with Crippen molar-refractivity contribution in [3.8, 4) is 5.88 Å². The highest BCUT2D eigenvalue weighted by atomic mass is 19.4. The number of halogens is 3. The van der Waals surface area contributed by atoms with Crippen LogP contribution in [0.15, 0.2) is 46.6 Å². The number of aryl methyl sites for hydroxylation is 1. The molecule has 1 aromatic heterocycles. The number of alkyl halides is 3. The topological polar surface area (TPSA) is 104 Å². The maximum atomic E-state index is 12.7. The Morgan fingerprint density at radius 2 is 1.88 bits per heavy atom. The van der Waals surface area contributed by atoms with Gasteiger partial charge in [0.05, 0.1) is 16.0 Å². The minimum atomic E-state index is -4.72. The van der Waals surface area contributed by atoms with E-state index in [1.54, 1.807) is 18.2 Å². The second kappa shape index (κ2) is 6.14. The van der Waals surface area contributed by atoms with Gasteiger partial charge in [0.25, 0.3) is 5.69 Å². The van der Waals surface area contributed by atoms with Gasteiger partial charge in [-0.2, -0.15) is 13.2 Å². The summed E-state index contributed by atoms with van der Waals surface area (Å²) in [5, 5.41) is 29.0. The fourth-order valence-electron chi connectivity index (χ4n) is 2.41. The predicted molar refractivity (Wildman–Crippen MR) is 87.0 cm³/mol. The number of aromatic hydroxyl groups is 1. The Bertz CT molecular complexity index is 1040. The summed E-state index contributed by atoms with van der Waals surface area (Å²) in [6.07, 6.45) is -4.72. The zero-order chi connectivity index (χ0) is 19.1. The van der Waals surface area contributed by atoms with Crippen molar-refractivity contribution in [3.05, 3.63) is 57.6 Å². The minimum Gasteiger partial charge on any atom is -0.493 e. The van der Waals surface area contributed by atoms with Gasteiger partial charge in [-0.25, -0.2) is 0 Å². The molecule has 0 amide bonds. The van der Waals surface area contributed by atoms with Crippen molar-refractivity contribution in [2.75, 3.05) is 0 Å². The van der Waals surface area contributed by atoms with Crippen molar-refractivity contribution in [3.63, 3.8) is 0 Å². The lowest BCUT2D eigenvalue weighted by molar-refractivity contribution is -0.384. The number of rotatable bonds is 3. The average Bonchev–Trinajstić information content (AvgIpc) is 2.86. The molecule has 2 aromatic carbocycles. The first-order chi connectivity index (χ1) is 12.2. The van der Waals surface area contributed by atoms with Gasteiger partial charge >= 0.3 is 6.18 Å². The minimum absolute atomic E-state index is 0.0397. The van der Waals surface area contributed by atoms with Crippen LogP contribution in [0.5, 0.6) is 5.88 Å². The van der Waals surface area contributed by atoms with Crippen molar-refractivity contribution in [2.45, 2.75) is 13.1 Å². The number of hydrogen-bond donors (Lipinski definition) is 2. The van der Waals surface area contributed by atoms with Gasteiger partial charge in [-0.15, -0.1) is 10.2 Å². The smallest absolute Gasteiger partial charge is 0.416 e. The second-order valence-corrected chi connectivity index (χ2v) is 5.53. The highest BCUT2D eigenvalue weighted by Crippen LogP contribution is 2.39. The van der Waals surface area contributed by atoms with Crippen molar-refractivity contribution in [1.29, 1.82) is 0 Å². The summed E-state index contributed by atoms with van der Waals surface area (Å²) in [6.45, 7) is 1.82. The van der Waals surface area contributed by atoms with Crippen molar-refractivity contribution in [2.24, 2.45) is 10.2 Å². The van der Waals surface area contributed by atoms with Crippen LogP contribution in [0.25, 0.3) is 10.9 Å². The molecule has 0 aliphatic heterocycles. The average molecular weight is 364 g/mol. The molecule has 1 heterocycles. The van der Waals surface area contributed by atoms with E-state index >= 15 is 0 Å². The number of aromatic amines is 1. The molecule has 10 heteroatoms. The number of nitrogens with zero attached hydrogens (tertiary/aromatic N) is 3. The number of fused-ring (bicyclic) bond motifs is 1. The van der Waals surface area contributed by atoms with E-state index in [2.05, 4.69) is 15.2 Å². The standard InChI is InChI=1S/C16H11F3N4O3/c1-8-2-4-11-10(6-8)14(15(24)20-11)22-21-12-5-3-9(16(17,18)19)7-13(12)23(25)26/h2-7,20,24H,1H3. The highest BCUT2D eigenvalue weighted by Gasteiger charge is 2.33. The van der Waals surface area contributed by atoms with E-state index in [4.69, 9.17) is 0 Å². The van der Waals surface area contributed by atoms with Gasteiger partial charge in [0.15, 0.2) is 11.4 Å². The molecule has 0 unspecified atom stereocenters. The number of H-pyrrole nitrogens is 1. The van der Waals surface area contributed by atoms with Crippen LogP contribution < -0.4 is 0 Å². The van der Waals surface area contributed by atoms with Crippen LogP contribution in [-0.4, -0.2) is 15.0 Å². The largest absolute Gasteiger partial charge is 0.493 e. The van der Waals surface area contributed by atoms with E-state index in [0.717, 1.165) is 11.6 Å². The second-order valence-electron chi connectivity index (χ2n) is 5.53. The molecule has 0 radical (unpaired) electrons. The molecule has 0 spiro atoms. The molecular formula is C16H11F3N4O3. The summed E-state index contributed by atoms with van der Waals surface area (Å²) in [5.41, 5.74) is -0.854. The maximum Gasteiger partial charge on any atom is 0.416 e. The van der Waals surface area contributed by atoms with Crippen LogP contribution >= 0.6 is 0 Å². The molecule has 0 saturated carbocycles. The Kier molecular flexibility index (Phi) is 4.10. The van der Waals surface area contributed by atoms with Gasteiger partial charge in [-0.3, -0.25) is 10.1 Å². The summed E-state index contributed by atoms with van der Waals surface area (Å²) >= 11 is 0. The number of benzene rings is 2. The fourth-order valence-corrected chi connectivity index (χ4v) is 2.41. The lowest BCUT2D eigenvalue weighted by Crippen LogP contribution is -2.05. The first kappa shape index (κ1) is 17.4. The van der Waals surface area contributed by atoms with Crippen LogP contribution in [-0.2, 0) is 6.18 Å². The molecular weight excluding hydrogens is 353 g/mol. The SMILES string of the molecule is Cc1ccc2[nH]c(O)c(N=Nc3ccc(C(F)(F)F)cc3[N+](=O)[O-])c2c1. The summed E-state index contributed by atoms with van der Waals surface area (Å²) in [5.74, 6) is -0.302. The monoisotopic (exact) mass is 364 g/mol. The van der Waals surface area contributed by atoms with Gasteiger partial charge in [0.1, 0.15) is 0 Å². The lowest BCUT2D eigenvalue weighted by atomic mass is 10.1. The summed E-state index contributed by atoms with van der Waals surface area (Å²) in [4.78, 5) is 12.8. The van der Waals surface area contributed by atoms with Crippen LogP contribution in [0.3, 0.4) is 0 Å². The third-order valence-electron chi connectivity index (χ3n) is 3.66. The van der Waals surface area contributed by atoms with Gasteiger partial charge in [0.2, 0.25) is 5.88 Å². The molecule has 0 aliphatic carbocycles. The molecule has 134 valence electrons. The van der Waals surface area contributed by atoms with Crippen molar-refractivity contribution < 1.29 is 23.2 Å². The molecule has 3 rings (SSSR count). The van der Waals surface area contributed by atoms with E-state index in [1.165, 1.54) is 0 Å². The normalized spacial score (nSPS) is 12.2. The van der Waals surface area contributed by atoms with Crippen LogP contribution in [0, 0.1) is 17.0 Å². The van der Waals surface area contributed by atoms with Gasteiger partial charge in [-0.1, -0.05) is 11.6 Å². The first-order valence-corrected chi connectivity index (χ1v) is 7.25. The number of azo groups is 1. The number of nitro benzene ring substituents is 1. The van der Waals surface area contributed by atoms with Crippen LogP contribution in [0.1, 0.15) is 11.1 Å². The number of aromatic nitrogens is 1. The lowest BCUT2D eigenvalue weighted by Gasteiger charge is -2.06. The number of nitro groups is 1. The van der Waals surface area contributed by atoms with E-state index in [1.807, 2.05) is 6.92 Å². The third-order valence-corrected chi connectivity index (χ3v) is 3.66. The maximum absolute atomic E-state index is 12.7. The molecule has 3 aromatic rings. The molecule has 2 N–H and O–H groups in total. The molecule has 0 saturated heterocycles. The fraction of sp³-hybridized carbons (Fsp3) is 0.125. The summed E-state index contributed by atoms with van der Waals surface area (Å²) in [7, 11) is 0. The Hall–Kier alpha value is -3.43. The van der Waals surface area contributed by atoms with Crippen LogP contribution in [0.4, 0.5) is 30.2 Å². The summed E-state index contributed by atoms with van der Waals surface area (Å²) < 4.78 is 38.2. The number of hydrogen-bond acceptors (Lipinski definition) is 5. The zero-order valence-electron chi connectivity index (χ0n) is 13.2. The Balaban J connectivity index is 2.08. The van der Waals surface area contributed by atoms with Gasteiger partial charge < -0.3 is 10.1 Å². The van der Waals surface area contributed by atoms with Crippen molar-refractivity contribution >= 4 is 28.0 Å². The number of nitrogens with one attached hydrogen (secondary N) is 1. The van der Waals surface area contributed by atoms with E-state index in [-0.39, 0.29) is 17.3 Å². The quantitative estimate of drug-likeness (QED) is 0.363. The molecule has 0 fully saturated rings. The molecule has 0 atom stereocenters. The highest BCUT2D eigenvalue weighted by molar-refractivity contribution is 5.94. The van der Waals surface area contributed by atoms with Gasteiger partial charge in [-0.05, 0) is 31.2 Å². The molecule has 7 nitrogen and oxygen atoms in total. The Morgan fingerprint density at radius 3 is 2.54 bits per heavy atom. The Morgan fingerprint density at radius 1 is 1.15 bits per heavy atom.